The molecule has 0 spiro atoms. The molecule has 2 heterocycles. The summed E-state index contributed by atoms with van der Waals surface area (Å²) >= 11 is 6.25. The predicted octanol–water partition coefficient (Wildman–Crippen LogP) is 1.69. The number of hydrogen-bond donors (Lipinski definition) is 2. The second-order valence-corrected chi connectivity index (χ2v) is 5.28. The maximum absolute atomic E-state index is 12.0. The number of H-pyrrole nitrogens is 1. The standard InChI is InChI=1S/C11H10N2O3S2/c14-9(15)3-5-13-10(16)8(18-11(13)17)6-7-2-1-4-12-7/h1-2,4,6,12H,3,5H2,(H,14,15)/b8-6-. The van der Waals surface area contributed by atoms with Crippen LogP contribution in [0.4, 0.5) is 0 Å². The van der Waals surface area contributed by atoms with E-state index >= 15 is 0 Å². The van der Waals surface area contributed by atoms with Crippen molar-refractivity contribution in [2.45, 2.75) is 6.42 Å². The fraction of sp³-hybridized carbons (Fsp3) is 0.182. The van der Waals surface area contributed by atoms with Gasteiger partial charge in [0.15, 0.2) is 0 Å². The zero-order valence-electron chi connectivity index (χ0n) is 9.25. The van der Waals surface area contributed by atoms with Crippen molar-refractivity contribution < 1.29 is 14.7 Å². The van der Waals surface area contributed by atoms with Crippen molar-refractivity contribution in [2.24, 2.45) is 0 Å². The second kappa shape index (κ2) is 5.36. The molecular weight excluding hydrogens is 272 g/mol. The quantitative estimate of drug-likeness (QED) is 0.649. The van der Waals surface area contributed by atoms with Gasteiger partial charge in [0, 0.05) is 18.4 Å². The molecule has 1 aromatic heterocycles. The molecule has 0 aliphatic carbocycles. The SMILES string of the molecule is O=C(O)CCN1C(=O)/C(=C/c2ccc[nH]2)SC1=S. The molecule has 0 radical (unpaired) electrons. The lowest BCUT2D eigenvalue weighted by atomic mass is 10.3. The maximum Gasteiger partial charge on any atom is 0.305 e. The lowest BCUT2D eigenvalue weighted by Gasteiger charge is -2.12. The van der Waals surface area contributed by atoms with Crippen LogP contribution in [0, 0.1) is 0 Å². The smallest absolute Gasteiger partial charge is 0.305 e. The van der Waals surface area contributed by atoms with Gasteiger partial charge in [0.2, 0.25) is 0 Å². The number of carboxylic acid groups (broad SMARTS) is 1. The minimum atomic E-state index is -0.947. The summed E-state index contributed by atoms with van der Waals surface area (Å²) in [6.07, 6.45) is 3.36. The first-order valence-corrected chi connectivity index (χ1v) is 6.41. The van der Waals surface area contributed by atoms with E-state index in [1.165, 1.54) is 16.7 Å². The Morgan fingerprint density at radius 2 is 2.39 bits per heavy atom. The Morgan fingerprint density at radius 3 is 3.00 bits per heavy atom. The third kappa shape index (κ3) is 2.80. The topological polar surface area (TPSA) is 73.4 Å². The molecule has 1 fully saturated rings. The number of thiocarbonyl (C=S) groups is 1. The highest BCUT2D eigenvalue weighted by molar-refractivity contribution is 8.26. The third-order valence-electron chi connectivity index (χ3n) is 2.33. The molecule has 2 rings (SSSR count). The molecule has 1 saturated heterocycles. The van der Waals surface area contributed by atoms with Crippen LogP contribution in [-0.4, -0.2) is 37.7 Å². The molecule has 0 atom stereocenters. The molecule has 1 aromatic rings. The second-order valence-electron chi connectivity index (χ2n) is 3.60. The number of aromatic amines is 1. The van der Waals surface area contributed by atoms with Crippen LogP contribution in [0.3, 0.4) is 0 Å². The van der Waals surface area contributed by atoms with E-state index in [0.717, 1.165) is 5.69 Å². The van der Waals surface area contributed by atoms with E-state index in [1.54, 1.807) is 12.3 Å². The summed E-state index contributed by atoms with van der Waals surface area (Å²) in [5, 5.41) is 8.61. The fourth-order valence-electron chi connectivity index (χ4n) is 1.48. The summed E-state index contributed by atoms with van der Waals surface area (Å²) in [5.41, 5.74) is 0.814. The van der Waals surface area contributed by atoms with Gasteiger partial charge in [-0.15, -0.1) is 0 Å². The highest BCUT2D eigenvalue weighted by Crippen LogP contribution is 2.32. The molecule has 1 amide bonds. The van der Waals surface area contributed by atoms with E-state index < -0.39 is 5.97 Å². The molecular formula is C11H10N2O3S2. The first-order chi connectivity index (χ1) is 8.58. The molecule has 0 aromatic carbocycles. The van der Waals surface area contributed by atoms with Gasteiger partial charge in [-0.25, -0.2) is 0 Å². The van der Waals surface area contributed by atoms with Gasteiger partial charge >= 0.3 is 5.97 Å². The Morgan fingerprint density at radius 1 is 1.61 bits per heavy atom. The summed E-state index contributed by atoms with van der Waals surface area (Å²) < 4.78 is 0.402. The number of aromatic nitrogens is 1. The van der Waals surface area contributed by atoms with Crippen molar-refractivity contribution in [1.82, 2.24) is 9.88 Å². The van der Waals surface area contributed by atoms with Crippen molar-refractivity contribution in [3.05, 3.63) is 28.9 Å². The molecule has 18 heavy (non-hydrogen) atoms. The number of carbonyl (C=O) groups excluding carboxylic acids is 1. The van der Waals surface area contributed by atoms with E-state index in [1.807, 2.05) is 12.1 Å². The number of rotatable bonds is 4. The zero-order chi connectivity index (χ0) is 13.1. The number of aliphatic carboxylic acids is 1. The average Bonchev–Trinajstić information content (AvgIpc) is 2.88. The molecule has 5 nitrogen and oxygen atoms in total. The summed E-state index contributed by atoms with van der Waals surface area (Å²) in [4.78, 5) is 27.3. The highest BCUT2D eigenvalue weighted by Gasteiger charge is 2.32. The van der Waals surface area contributed by atoms with Crippen LogP contribution < -0.4 is 0 Å². The number of amides is 1. The summed E-state index contributed by atoms with van der Waals surface area (Å²) in [5.74, 6) is -1.18. The number of nitrogens with one attached hydrogen (secondary N) is 1. The van der Waals surface area contributed by atoms with Crippen molar-refractivity contribution in [2.75, 3.05) is 6.54 Å². The van der Waals surface area contributed by atoms with E-state index in [9.17, 15) is 9.59 Å². The minimum absolute atomic E-state index is 0.109. The first-order valence-electron chi connectivity index (χ1n) is 5.18. The molecule has 1 aliphatic rings. The lowest BCUT2D eigenvalue weighted by molar-refractivity contribution is -0.137. The Kier molecular flexibility index (Phi) is 3.83. The van der Waals surface area contributed by atoms with Crippen molar-refractivity contribution in [1.29, 1.82) is 0 Å². The predicted molar refractivity (Wildman–Crippen MR) is 72.9 cm³/mol. The van der Waals surface area contributed by atoms with Gasteiger partial charge in [0.25, 0.3) is 5.91 Å². The van der Waals surface area contributed by atoms with Crippen molar-refractivity contribution in [3.8, 4) is 0 Å². The Balaban J connectivity index is 2.11. The summed E-state index contributed by atoms with van der Waals surface area (Å²) in [7, 11) is 0. The van der Waals surface area contributed by atoms with E-state index in [-0.39, 0.29) is 18.9 Å². The lowest BCUT2D eigenvalue weighted by Crippen LogP contribution is -2.30. The van der Waals surface area contributed by atoms with Gasteiger partial charge in [-0.3, -0.25) is 14.5 Å². The molecule has 1 aliphatic heterocycles. The molecule has 2 N–H and O–H groups in total. The van der Waals surface area contributed by atoms with Gasteiger partial charge in [-0.05, 0) is 18.2 Å². The van der Waals surface area contributed by atoms with Crippen LogP contribution in [0.5, 0.6) is 0 Å². The van der Waals surface area contributed by atoms with E-state index in [4.69, 9.17) is 17.3 Å². The van der Waals surface area contributed by atoms with E-state index in [0.29, 0.717) is 9.23 Å². The minimum Gasteiger partial charge on any atom is -0.481 e. The highest BCUT2D eigenvalue weighted by atomic mass is 32.2. The van der Waals surface area contributed by atoms with Gasteiger partial charge in [-0.2, -0.15) is 0 Å². The first kappa shape index (κ1) is 12.8. The Hall–Kier alpha value is -1.60. The summed E-state index contributed by atoms with van der Waals surface area (Å²) in [6.45, 7) is 0.113. The fourth-order valence-corrected chi connectivity index (χ4v) is 2.77. The molecule has 7 heteroatoms. The number of carboxylic acids is 1. The Labute approximate surface area is 113 Å². The molecule has 94 valence electrons. The van der Waals surface area contributed by atoms with Crippen LogP contribution in [0.25, 0.3) is 6.08 Å². The van der Waals surface area contributed by atoms with Gasteiger partial charge in [0.1, 0.15) is 4.32 Å². The van der Waals surface area contributed by atoms with Crippen LogP contribution in [-0.2, 0) is 9.59 Å². The maximum atomic E-state index is 12.0. The van der Waals surface area contributed by atoms with E-state index in [2.05, 4.69) is 4.98 Å². The third-order valence-corrected chi connectivity index (χ3v) is 3.71. The van der Waals surface area contributed by atoms with Crippen LogP contribution >= 0.6 is 24.0 Å². The van der Waals surface area contributed by atoms with Crippen molar-refractivity contribution >= 4 is 46.3 Å². The number of carbonyl (C=O) groups is 2. The van der Waals surface area contributed by atoms with Crippen LogP contribution in [0.15, 0.2) is 23.2 Å². The zero-order valence-corrected chi connectivity index (χ0v) is 10.9. The average molecular weight is 282 g/mol. The Bertz CT molecular complexity index is 522. The normalized spacial score (nSPS) is 17.8. The largest absolute Gasteiger partial charge is 0.481 e. The summed E-state index contributed by atoms with van der Waals surface area (Å²) in [6, 6.07) is 3.67. The molecule has 0 unspecified atom stereocenters. The van der Waals surface area contributed by atoms with Gasteiger partial charge < -0.3 is 10.1 Å². The number of thioether (sulfide) groups is 1. The monoisotopic (exact) mass is 282 g/mol. The molecule has 0 bridgehead atoms. The van der Waals surface area contributed by atoms with Crippen LogP contribution in [0.1, 0.15) is 12.1 Å². The number of hydrogen-bond acceptors (Lipinski definition) is 4. The van der Waals surface area contributed by atoms with Gasteiger partial charge in [-0.1, -0.05) is 24.0 Å². The van der Waals surface area contributed by atoms with Gasteiger partial charge in [0.05, 0.1) is 11.3 Å². The van der Waals surface area contributed by atoms with Crippen molar-refractivity contribution in [3.63, 3.8) is 0 Å². The molecule has 0 saturated carbocycles. The number of nitrogens with zero attached hydrogens (tertiary/aromatic N) is 1. The van der Waals surface area contributed by atoms with Crippen LogP contribution in [0.2, 0.25) is 0 Å².